The third-order valence-corrected chi connectivity index (χ3v) is 6.95. The normalized spacial score (nSPS) is 17.7. The van der Waals surface area contributed by atoms with Crippen LogP contribution in [0.5, 0.6) is 0 Å². The smallest absolute Gasteiger partial charge is 0.319 e. The van der Waals surface area contributed by atoms with Crippen molar-refractivity contribution < 1.29 is 14.4 Å². The lowest BCUT2D eigenvalue weighted by atomic mass is 9.95. The second-order valence-corrected chi connectivity index (χ2v) is 9.13. The van der Waals surface area contributed by atoms with Gasteiger partial charge in [-0.05, 0) is 51.7 Å². The molecule has 2 aliphatic rings. The molecule has 182 valence electrons. The fraction of sp³-hybridized carbons (Fsp3) is 0.640. The number of carbonyl (C=O) groups is 3. The molecule has 0 atom stereocenters. The molecule has 1 N–H and O–H groups in total. The third kappa shape index (κ3) is 6.25. The summed E-state index contributed by atoms with van der Waals surface area (Å²) in [6.45, 7) is 13.7. The Kier molecular flexibility index (Phi) is 8.72. The number of likely N-dealkylation sites (tertiary alicyclic amines) is 1. The molecule has 0 aliphatic carbocycles. The number of hydrogen-bond acceptors (Lipinski definition) is 4. The van der Waals surface area contributed by atoms with E-state index in [0.717, 1.165) is 29.7 Å². The van der Waals surface area contributed by atoms with Crippen LogP contribution in [0.1, 0.15) is 37.8 Å². The number of benzene rings is 1. The molecule has 1 aromatic rings. The van der Waals surface area contributed by atoms with Gasteiger partial charge in [-0.1, -0.05) is 18.2 Å². The highest BCUT2D eigenvalue weighted by Gasteiger charge is 2.32. The Hall–Kier alpha value is -2.61. The third-order valence-electron chi connectivity index (χ3n) is 6.95. The van der Waals surface area contributed by atoms with Crippen LogP contribution in [0.25, 0.3) is 0 Å². The summed E-state index contributed by atoms with van der Waals surface area (Å²) in [4.78, 5) is 45.9. The largest absolute Gasteiger partial charge is 0.340 e. The first kappa shape index (κ1) is 25.0. The maximum atomic E-state index is 13.0. The molecule has 33 heavy (non-hydrogen) atoms. The minimum atomic E-state index is -0.0163. The van der Waals surface area contributed by atoms with Crippen LogP contribution in [0.4, 0.5) is 10.5 Å². The summed E-state index contributed by atoms with van der Waals surface area (Å²) in [5.41, 5.74) is 3.01. The van der Waals surface area contributed by atoms with Crippen LogP contribution in [-0.4, -0.2) is 96.3 Å². The zero-order valence-corrected chi connectivity index (χ0v) is 20.6. The number of urea groups is 1. The summed E-state index contributed by atoms with van der Waals surface area (Å²) in [7, 11) is 0. The minimum Gasteiger partial charge on any atom is -0.340 e. The minimum absolute atomic E-state index is 0.00960. The van der Waals surface area contributed by atoms with Crippen molar-refractivity contribution in [2.75, 3.05) is 64.2 Å². The Morgan fingerprint density at radius 3 is 2.03 bits per heavy atom. The van der Waals surface area contributed by atoms with E-state index in [9.17, 15) is 14.4 Å². The van der Waals surface area contributed by atoms with Gasteiger partial charge in [-0.2, -0.15) is 0 Å². The summed E-state index contributed by atoms with van der Waals surface area (Å²) < 4.78 is 0. The molecule has 2 fully saturated rings. The summed E-state index contributed by atoms with van der Waals surface area (Å²) >= 11 is 0. The molecule has 0 aromatic heterocycles. The van der Waals surface area contributed by atoms with Crippen molar-refractivity contribution in [3.05, 3.63) is 29.3 Å². The number of rotatable bonds is 6. The Balaban J connectivity index is 1.42. The molecule has 8 nitrogen and oxygen atoms in total. The van der Waals surface area contributed by atoms with Gasteiger partial charge >= 0.3 is 6.03 Å². The van der Waals surface area contributed by atoms with Gasteiger partial charge in [0.1, 0.15) is 0 Å². The zero-order valence-electron chi connectivity index (χ0n) is 20.6. The number of amides is 4. The summed E-state index contributed by atoms with van der Waals surface area (Å²) in [5, 5.41) is 3.04. The van der Waals surface area contributed by atoms with Crippen molar-refractivity contribution in [3.63, 3.8) is 0 Å². The maximum Gasteiger partial charge on any atom is 0.319 e. The van der Waals surface area contributed by atoms with E-state index in [2.05, 4.69) is 10.2 Å². The lowest BCUT2D eigenvalue weighted by molar-refractivity contribution is -0.138. The molecule has 0 saturated carbocycles. The summed E-state index contributed by atoms with van der Waals surface area (Å²) in [6, 6.07) is 6.07. The van der Waals surface area contributed by atoms with E-state index in [1.807, 2.05) is 60.6 Å². The molecular weight excluding hydrogens is 418 g/mol. The van der Waals surface area contributed by atoms with E-state index in [-0.39, 0.29) is 23.8 Å². The standard InChI is InChI=1S/C25H39N5O3/c1-5-28(6-2)25(33)30-12-10-21(11-13-30)24(32)29-16-14-27(15-17-29)18-22(31)26-23-19(3)8-7-9-20(23)4/h7-9,21H,5-6,10-18H2,1-4H3,(H,26,31). The molecular formula is C25H39N5O3. The average molecular weight is 458 g/mol. The molecule has 0 bridgehead atoms. The second-order valence-electron chi connectivity index (χ2n) is 9.13. The average Bonchev–Trinajstić information content (AvgIpc) is 2.82. The lowest BCUT2D eigenvalue weighted by Crippen LogP contribution is -2.53. The number of anilines is 1. The van der Waals surface area contributed by atoms with Gasteiger partial charge < -0.3 is 20.0 Å². The van der Waals surface area contributed by atoms with Crippen molar-refractivity contribution in [1.29, 1.82) is 0 Å². The fourth-order valence-corrected chi connectivity index (χ4v) is 4.79. The van der Waals surface area contributed by atoms with E-state index in [0.29, 0.717) is 58.9 Å². The van der Waals surface area contributed by atoms with Crippen molar-refractivity contribution in [3.8, 4) is 0 Å². The van der Waals surface area contributed by atoms with Crippen LogP contribution in [0.2, 0.25) is 0 Å². The lowest BCUT2D eigenvalue weighted by Gasteiger charge is -2.39. The van der Waals surface area contributed by atoms with Gasteiger partial charge in [0.25, 0.3) is 0 Å². The van der Waals surface area contributed by atoms with Gasteiger partial charge in [0.05, 0.1) is 6.54 Å². The molecule has 2 saturated heterocycles. The number of hydrogen-bond donors (Lipinski definition) is 1. The number of carbonyl (C=O) groups excluding carboxylic acids is 3. The quantitative estimate of drug-likeness (QED) is 0.712. The van der Waals surface area contributed by atoms with Gasteiger partial charge in [-0.25, -0.2) is 4.79 Å². The summed E-state index contributed by atoms with van der Waals surface area (Å²) in [5.74, 6) is 0.173. The molecule has 0 radical (unpaired) electrons. The van der Waals surface area contributed by atoms with E-state index in [4.69, 9.17) is 0 Å². The van der Waals surface area contributed by atoms with Gasteiger partial charge in [-0.3, -0.25) is 14.5 Å². The molecule has 1 aromatic carbocycles. The number of para-hydroxylation sites is 1. The number of nitrogens with one attached hydrogen (secondary N) is 1. The Morgan fingerprint density at radius 1 is 0.909 bits per heavy atom. The van der Waals surface area contributed by atoms with Crippen molar-refractivity contribution in [1.82, 2.24) is 19.6 Å². The highest BCUT2D eigenvalue weighted by molar-refractivity contribution is 5.93. The fourth-order valence-electron chi connectivity index (χ4n) is 4.79. The van der Waals surface area contributed by atoms with Gasteiger partial charge in [0.15, 0.2) is 0 Å². The SMILES string of the molecule is CCN(CC)C(=O)N1CCC(C(=O)N2CCN(CC(=O)Nc3c(C)cccc3C)CC2)CC1. The molecule has 0 unspecified atom stereocenters. The predicted octanol–water partition coefficient (Wildman–Crippen LogP) is 2.56. The first-order chi connectivity index (χ1) is 15.8. The molecule has 4 amide bonds. The number of piperidine rings is 1. The first-order valence-electron chi connectivity index (χ1n) is 12.2. The molecule has 0 spiro atoms. The monoisotopic (exact) mass is 457 g/mol. The zero-order chi connectivity index (χ0) is 24.0. The van der Waals surface area contributed by atoms with Crippen molar-refractivity contribution in [2.24, 2.45) is 5.92 Å². The van der Waals surface area contributed by atoms with Crippen molar-refractivity contribution >= 4 is 23.5 Å². The topological polar surface area (TPSA) is 76.2 Å². The Morgan fingerprint density at radius 2 is 1.48 bits per heavy atom. The maximum absolute atomic E-state index is 13.0. The van der Waals surface area contributed by atoms with Crippen LogP contribution in [0.15, 0.2) is 18.2 Å². The Labute approximate surface area is 197 Å². The van der Waals surface area contributed by atoms with E-state index < -0.39 is 0 Å². The molecule has 8 heteroatoms. The molecule has 2 heterocycles. The van der Waals surface area contributed by atoms with Crippen molar-refractivity contribution in [2.45, 2.75) is 40.5 Å². The van der Waals surface area contributed by atoms with Crippen LogP contribution in [0, 0.1) is 19.8 Å². The van der Waals surface area contributed by atoms with Gasteiger partial charge in [0.2, 0.25) is 11.8 Å². The van der Waals surface area contributed by atoms with E-state index in [1.165, 1.54) is 0 Å². The predicted molar refractivity (Wildman–Crippen MR) is 130 cm³/mol. The van der Waals surface area contributed by atoms with Crippen LogP contribution in [0.3, 0.4) is 0 Å². The second kappa shape index (κ2) is 11.5. The van der Waals surface area contributed by atoms with Crippen LogP contribution < -0.4 is 5.32 Å². The number of aryl methyl sites for hydroxylation is 2. The van der Waals surface area contributed by atoms with Gasteiger partial charge in [-0.15, -0.1) is 0 Å². The first-order valence-corrected chi connectivity index (χ1v) is 12.2. The van der Waals surface area contributed by atoms with Crippen LogP contribution in [-0.2, 0) is 9.59 Å². The number of piperazine rings is 1. The van der Waals surface area contributed by atoms with Crippen LogP contribution >= 0.6 is 0 Å². The highest BCUT2D eigenvalue weighted by Crippen LogP contribution is 2.22. The number of nitrogens with zero attached hydrogens (tertiary/aromatic N) is 4. The molecule has 3 rings (SSSR count). The molecule has 2 aliphatic heterocycles. The van der Waals surface area contributed by atoms with E-state index >= 15 is 0 Å². The highest BCUT2D eigenvalue weighted by atomic mass is 16.2. The van der Waals surface area contributed by atoms with E-state index in [1.54, 1.807) is 0 Å². The Bertz CT molecular complexity index is 818. The summed E-state index contributed by atoms with van der Waals surface area (Å²) in [6.07, 6.45) is 1.45. The van der Waals surface area contributed by atoms with Gasteiger partial charge in [0, 0.05) is 64.0 Å².